The molecule has 1 amide bonds. The second-order valence-electron chi connectivity index (χ2n) is 3.07. The molecular weight excluding hydrogens is 160 g/mol. The van der Waals surface area contributed by atoms with E-state index in [1.165, 1.54) is 11.8 Å². The number of nitrogens with two attached hydrogens (primary N) is 1. The number of nitrogens with one attached hydrogen (secondary N) is 1. The molecule has 0 fully saturated rings. The summed E-state index contributed by atoms with van der Waals surface area (Å²) in [6, 6.07) is 0. The highest BCUT2D eigenvalue weighted by atomic mass is 32.2. The molecule has 0 spiro atoms. The lowest BCUT2D eigenvalue weighted by molar-refractivity contribution is -0.120. The summed E-state index contributed by atoms with van der Waals surface area (Å²) in [6.07, 6.45) is 1.90. The van der Waals surface area contributed by atoms with Crippen LogP contribution in [-0.4, -0.2) is 30.0 Å². The van der Waals surface area contributed by atoms with E-state index in [0.717, 1.165) is 0 Å². The third kappa shape index (κ3) is 5.09. The van der Waals surface area contributed by atoms with Crippen LogP contribution in [0.1, 0.15) is 13.8 Å². The smallest absolute Gasteiger partial charge is 0.230 e. The summed E-state index contributed by atoms with van der Waals surface area (Å²) in [6.45, 7) is 4.28. The lowest BCUT2D eigenvalue weighted by atomic mass is 10.1. The highest BCUT2D eigenvalue weighted by molar-refractivity contribution is 7.99. The maximum absolute atomic E-state index is 11.0. The van der Waals surface area contributed by atoms with E-state index in [9.17, 15) is 4.79 Å². The second kappa shape index (κ2) is 4.62. The molecule has 0 aromatic heterocycles. The van der Waals surface area contributed by atoms with Crippen molar-refractivity contribution < 1.29 is 4.79 Å². The Morgan fingerprint density at radius 2 is 2.18 bits per heavy atom. The van der Waals surface area contributed by atoms with Gasteiger partial charge in [0, 0.05) is 12.1 Å². The molecule has 0 aromatic carbocycles. The summed E-state index contributed by atoms with van der Waals surface area (Å²) in [4.78, 5) is 11.0. The maximum atomic E-state index is 11.0. The molecule has 0 saturated carbocycles. The predicted molar refractivity (Wildman–Crippen MR) is 49.7 cm³/mol. The van der Waals surface area contributed by atoms with Crippen LogP contribution < -0.4 is 11.1 Å². The molecule has 0 unspecified atom stereocenters. The number of carbonyl (C=O) groups is 1. The van der Waals surface area contributed by atoms with Crippen LogP contribution in [0, 0.1) is 0 Å². The van der Waals surface area contributed by atoms with Crippen LogP contribution in [0.4, 0.5) is 0 Å². The summed E-state index contributed by atoms with van der Waals surface area (Å²) >= 11 is 1.51. The topological polar surface area (TPSA) is 55.1 Å². The zero-order valence-corrected chi connectivity index (χ0v) is 8.12. The number of rotatable bonds is 4. The van der Waals surface area contributed by atoms with Gasteiger partial charge in [0.25, 0.3) is 0 Å². The van der Waals surface area contributed by atoms with Crippen LogP contribution in [-0.2, 0) is 4.79 Å². The fourth-order valence-electron chi connectivity index (χ4n) is 0.596. The van der Waals surface area contributed by atoms with Crippen LogP contribution in [0.2, 0.25) is 0 Å². The molecule has 0 saturated heterocycles. The van der Waals surface area contributed by atoms with E-state index in [4.69, 9.17) is 5.73 Å². The Morgan fingerprint density at radius 3 is 2.55 bits per heavy atom. The molecule has 0 aliphatic carbocycles. The van der Waals surface area contributed by atoms with E-state index >= 15 is 0 Å². The molecule has 0 aliphatic rings. The molecule has 11 heavy (non-hydrogen) atoms. The van der Waals surface area contributed by atoms with Crippen LogP contribution in [0.25, 0.3) is 0 Å². The Bertz CT molecular complexity index is 136. The van der Waals surface area contributed by atoms with Gasteiger partial charge in [-0.1, -0.05) is 0 Å². The van der Waals surface area contributed by atoms with Crippen molar-refractivity contribution in [3.8, 4) is 0 Å². The number of hydrogen-bond donors (Lipinski definition) is 2. The van der Waals surface area contributed by atoms with Crippen molar-refractivity contribution in [3.05, 3.63) is 0 Å². The Morgan fingerprint density at radius 1 is 1.64 bits per heavy atom. The van der Waals surface area contributed by atoms with Gasteiger partial charge in [0.2, 0.25) is 5.91 Å². The first-order valence-corrected chi connectivity index (χ1v) is 4.91. The monoisotopic (exact) mass is 176 g/mol. The Balaban J connectivity index is 3.74. The highest BCUT2D eigenvalue weighted by Crippen LogP contribution is 1.99. The molecule has 0 atom stereocenters. The second-order valence-corrected chi connectivity index (χ2v) is 3.94. The minimum absolute atomic E-state index is 0.0490. The van der Waals surface area contributed by atoms with Crippen LogP contribution in [0.5, 0.6) is 0 Å². The van der Waals surface area contributed by atoms with Gasteiger partial charge in [-0.05, 0) is 20.1 Å². The fraction of sp³-hybridized carbons (Fsp3) is 0.857. The summed E-state index contributed by atoms with van der Waals surface area (Å²) < 4.78 is 0. The third-order valence-corrected chi connectivity index (χ3v) is 1.81. The number of amides is 1. The van der Waals surface area contributed by atoms with E-state index in [0.29, 0.717) is 12.3 Å². The zero-order chi connectivity index (χ0) is 8.91. The van der Waals surface area contributed by atoms with Gasteiger partial charge >= 0.3 is 0 Å². The largest absolute Gasteiger partial charge is 0.349 e. The Labute approximate surface area is 72.1 Å². The first kappa shape index (κ1) is 10.8. The van der Waals surface area contributed by atoms with Crippen molar-refractivity contribution in [1.82, 2.24) is 5.32 Å². The zero-order valence-electron chi connectivity index (χ0n) is 7.31. The average Bonchev–Trinajstić information content (AvgIpc) is 1.87. The van der Waals surface area contributed by atoms with Gasteiger partial charge in [-0.3, -0.25) is 4.79 Å². The molecule has 0 aliphatic heterocycles. The lowest BCUT2D eigenvalue weighted by Crippen LogP contribution is -2.49. The number of hydrogen-bond acceptors (Lipinski definition) is 3. The molecular formula is C7H16N2OS. The van der Waals surface area contributed by atoms with Gasteiger partial charge < -0.3 is 11.1 Å². The summed E-state index contributed by atoms with van der Waals surface area (Å²) in [5.74, 6) is 0.552. The number of carbonyl (C=O) groups excluding carboxylic acids is 1. The molecule has 66 valence electrons. The van der Waals surface area contributed by atoms with Gasteiger partial charge in [-0.25, -0.2) is 0 Å². The predicted octanol–water partition coefficient (Wildman–Crippen LogP) is 0.203. The Hall–Kier alpha value is -0.220. The van der Waals surface area contributed by atoms with Gasteiger partial charge in [-0.2, -0.15) is 11.8 Å². The fourth-order valence-corrected chi connectivity index (χ4v) is 0.930. The van der Waals surface area contributed by atoms with E-state index in [1.54, 1.807) is 0 Å². The van der Waals surface area contributed by atoms with Crippen molar-refractivity contribution in [2.75, 3.05) is 18.6 Å². The maximum Gasteiger partial charge on any atom is 0.230 e. The standard InChI is InChI=1S/C7H16N2OS/c1-7(2,5-8)9-6(10)4-11-3/h4-5,8H2,1-3H3,(H,9,10). The quantitative estimate of drug-likeness (QED) is 0.643. The first-order valence-electron chi connectivity index (χ1n) is 3.52. The van der Waals surface area contributed by atoms with Crippen molar-refractivity contribution in [2.45, 2.75) is 19.4 Å². The molecule has 0 aromatic rings. The minimum Gasteiger partial charge on any atom is -0.349 e. The summed E-state index contributed by atoms with van der Waals surface area (Å²) in [5, 5.41) is 2.82. The molecule has 0 radical (unpaired) electrons. The summed E-state index contributed by atoms with van der Waals surface area (Å²) in [7, 11) is 0. The van der Waals surface area contributed by atoms with Crippen LogP contribution in [0.15, 0.2) is 0 Å². The van der Waals surface area contributed by atoms with Crippen molar-refractivity contribution in [3.63, 3.8) is 0 Å². The molecule has 0 rings (SSSR count). The van der Waals surface area contributed by atoms with Crippen LogP contribution in [0.3, 0.4) is 0 Å². The van der Waals surface area contributed by atoms with E-state index in [2.05, 4.69) is 5.32 Å². The van der Waals surface area contributed by atoms with Crippen LogP contribution >= 0.6 is 11.8 Å². The lowest BCUT2D eigenvalue weighted by Gasteiger charge is -2.23. The average molecular weight is 176 g/mol. The van der Waals surface area contributed by atoms with E-state index in [1.807, 2.05) is 20.1 Å². The first-order chi connectivity index (χ1) is 5.02. The van der Waals surface area contributed by atoms with Gasteiger partial charge in [0.05, 0.1) is 5.75 Å². The van der Waals surface area contributed by atoms with Crippen molar-refractivity contribution in [1.29, 1.82) is 0 Å². The van der Waals surface area contributed by atoms with Crippen molar-refractivity contribution >= 4 is 17.7 Å². The Kier molecular flexibility index (Phi) is 4.52. The summed E-state index contributed by atoms with van der Waals surface area (Å²) in [5.41, 5.74) is 5.16. The van der Waals surface area contributed by atoms with Gasteiger partial charge in [0.15, 0.2) is 0 Å². The molecule has 3 N–H and O–H groups in total. The third-order valence-electron chi connectivity index (χ3n) is 1.26. The molecule has 0 bridgehead atoms. The molecule has 3 nitrogen and oxygen atoms in total. The molecule has 0 heterocycles. The number of thioether (sulfide) groups is 1. The minimum atomic E-state index is -0.271. The normalized spacial score (nSPS) is 11.3. The van der Waals surface area contributed by atoms with Gasteiger partial charge in [-0.15, -0.1) is 0 Å². The van der Waals surface area contributed by atoms with Gasteiger partial charge in [0.1, 0.15) is 0 Å². The van der Waals surface area contributed by atoms with E-state index in [-0.39, 0.29) is 11.4 Å². The highest BCUT2D eigenvalue weighted by Gasteiger charge is 2.17. The van der Waals surface area contributed by atoms with E-state index < -0.39 is 0 Å². The van der Waals surface area contributed by atoms with Crippen molar-refractivity contribution in [2.24, 2.45) is 5.73 Å². The molecule has 4 heteroatoms. The SMILES string of the molecule is CSCC(=O)NC(C)(C)CN.